The molecular weight excluding hydrogens is 226 g/mol. The van der Waals surface area contributed by atoms with Gasteiger partial charge in [0.2, 0.25) is 0 Å². The van der Waals surface area contributed by atoms with Crippen LogP contribution in [0.5, 0.6) is 0 Å². The van der Waals surface area contributed by atoms with Gasteiger partial charge >= 0.3 is 0 Å². The molecule has 0 aliphatic rings. The van der Waals surface area contributed by atoms with Crippen LogP contribution in [0.15, 0.2) is 12.1 Å². The van der Waals surface area contributed by atoms with Gasteiger partial charge in [0.15, 0.2) is 0 Å². The Labute approximate surface area is 91.0 Å². The first-order valence-electron chi connectivity index (χ1n) is 3.84. The minimum absolute atomic E-state index is 0.00299. The summed E-state index contributed by atoms with van der Waals surface area (Å²) in [5.74, 6) is -0.651. The lowest BCUT2D eigenvalue weighted by atomic mass is 10.0. The summed E-state index contributed by atoms with van der Waals surface area (Å²) in [5.41, 5.74) is 5.67. The Hall–Kier alpha value is -0.820. The third-order valence-electron chi connectivity index (χ3n) is 1.76. The summed E-state index contributed by atoms with van der Waals surface area (Å²) in [5, 5.41) is 8.57. The van der Waals surface area contributed by atoms with Crippen molar-refractivity contribution in [2.45, 2.75) is 12.5 Å². The van der Waals surface area contributed by atoms with Gasteiger partial charge in [0, 0.05) is 16.6 Å². The Kier molecular flexibility index (Phi) is 3.70. The highest BCUT2D eigenvalue weighted by Crippen LogP contribution is 2.30. The predicted molar refractivity (Wildman–Crippen MR) is 53.6 cm³/mol. The third-order valence-corrected chi connectivity index (χ3v) is 2.38. The van der Waals surface area contributed by atoms with Crippen molar-refractivity contribution >= 4 is 23.2 Å². The van der Waals surface area contributed by atoms with Crippen LogP contribution in [-0.2, 0) is 0 Å². The van der Waals surface area contributed by atoms with Crippen LogP contribution in [-0.4, -0.2) is 0 Å². The monoisotopic (exact) mass is 232 g/mol. The highest BCUT2D eigenvalue weighted by atomic mass is 35.5. The lowest BCUT2D eigenvalue weighted by Crippen LogP contribution is -2.12. The second kappa shape index (κ2) is 4.61. The van der Waals surface area contributed by atoms with Crippen molar-refractivity contribution < 1.29 is 4.39 Å². The molecule has 0 fully saturated rings. The number of hydrogen-bond donors (Lipinski definition) is 1. The van der Waals surface area contributed by atoms with Crippen molar-refractivity contribution in [1.82, 2.24) is 0 Å². The maximum Gasteiger partial charge on any atom is 0.148 e. The van der Waals surface area contributed by atoms with E-state index in [4.69, 9.17) is 34.2 Å². The Morgan fingerprint density at radius 3 is 2.57 bits per heavy atom. The molecule has 0 amide bonds. The second-order valence-electron chi connectivity index (χ2n) is 2.73. The number of halogens is 3. The van der Waals surface area contributed by atoms with Crippen LogP contribution in [0.4, 0.5) is 4.39 Å². The molecule has 1 rings (SSSR count). The molecule has 0 bridgehead atoms. The zero-order chi connectivity index (χ0) is 10.7. The summed E-state index contributed by atoms with van der Waals surface area (Å²) in [6.45, 7) is 0. The zero-order valence-electron chi connectivity index (χ0n) is 7.10. The maximum absolute atomic E-state index is 13.4. The fourth-order valence-electron chi connectivity index (χ4n) is 1.08. The number of nitrogens with two attached hydrogens (primary N) is 1. The first kappa shape index (κ1) is 11.3. The molecule has 0 saturated carbocycles. The largest absolute Gasteiger partial charge is 0.323 e. The normalized spacial score (nSPS) is 12.2. The van der Waals surface area contributed by atoms with Crippen LogP contribution in [0.2, 0.25) is 10.0 Å². The van der Waals surface area contributed by atoms with Crippen LogP contribution in [0.25, 0.3) is 0 Å². The van der Waals surface area contributed by atoms with E-state index in [2.05, 4.69) is 0 Å². The minimum Gasteiger partial charge on any atom is -0.323 e. The molecule has 0 heterocycles. The van der Waals surface area contributed by atoms with Gasteiger partial charge in [-0.25, -0.2) is 4.39 Å². The van der Waals surface area contributed by atoms with Crippen LogP contribution < -0.4 is 5.73 Å². The van der Waals surface area contributed by atoms with Crippen LogP contribution in [0.1, 0.15) is 18.0 Å². The van der Waals surface area contributed by atoms with Crippen molar-refractivity contribution in [3.05, 3.63) is 33.6 Å². The first-order chi connectivity index (χ1) is 6.57. The van der Waals surface area contributed by atoms with Gasteiger partial charge in [-0.1, -0.05) is 23.2 Å². The number of rotatable bonds is 2. The lowest BCUT2D eigenvalue weighted by Gasteiger charge is -2.11. The maximum atomic E-state index is 13.4. The smallest absolute Gasteiger partial charge is 0.148 e. The van der Waals surface area contributed by atoms with E-state index in [-0.39, 0.29) is 22.0 Å². The molecule has 1 aromatic carbocycles. The Morgan fingerprint density at radius 1 is 1.43 bits per heavy atom. The molecule has 0 radical (unpaired) electrons. The quantitative estimate of drug-likeness (QED) is 0.798. The summed E-state index contributed by atoms with van der Waals surface area (Å²) < 4.78 is 13.4. The summed E-state index contributed by atoms with van der Waals surface area (Å²) in [6, 6.07) is 3.91. The average molecular weight is 233 g/mol. The topological polar surface area (TPSA) is 49.8 Å². The summed E-state index contributed by atoms with van der Waals surface area (Å²) in [4.78, 5) is 0. The fourth-order valence-corrected chi connectivity index (χ4v) is 1.53. The number of nitrogens with zero attached hydrogens (tertiary/aromatic N) is 1. The van der Waals surface area contributed by atoms with E-state index < -0.39 is 11.9 Å². The molecule has 0 saturated heterocycles. The first-order valence-corrected chi connectivity index (χ1v) is 4.59. The van der Waals surface area contributed by atoms with Crippen LogP contribution in [0.3, 0.4) is 0 Å². The van der Waals surface area contributed by atoms with Gasteiger partial charge in [-0.3, -0.25) is 0 Å². The third kappa shape index (κ3) is 2.16. The predicted octanol–water partition coefficient (Wildman–Crippen LogP) is 3.05. The molecule has 5 heteroatoms. The van der Waals surface area contributed by atoms with Gasteiger partial charge in [0.1, 0.15) is 5.82 Å². The van der Waals surface area contributed by atoms with Crippen molar-refractivity contribution in [3.8, 4) is 6.07 Å². The van der Waals surface area contributed by atoms with Crippen molar-refractivity contribution in [3.63, 3.8) is 0 Å². The minimum atomic E-state index is -0.744. The van der Waals surface area contributed by atoms with Gasteiger partial charge in [-0.2, -0.15) is 5.26 Å². The highest BCUT2D eigenvalue weighted by molar-refractivity contribution is 6.33. The summed E-state index contributed by atoms with van der Waals surface area (Å²) in [6.07, 6.45) is -0.00299. The molecule has 2 N–H and O–H groups in total. The summed E-state index contributed by atoms with van der Waals surface area (Å²) in [7, 11) is 0. The van der Waals surface area contributed by atoms with Crippen LogP contribution >= 0.6 is 23.2 Å². The molecule has 14 heavy (non-hydrogen) atoms. The molecule has 1 aromatic rings. The van der Waals surface area contributed by atoms with E-state index >= 15 is 0 Å². The molecule has 2 nitrogen and oxygen atoms in total. The molecule has 0 spiro atoms. The molecule has 0 aliphatic carbocycles. The van der Waals surface area contributed by atoms with Gasteiger partial charge in [-0.15, -0.1) is 0 Å². The van der Waals surface area contributed by atoms with E-state index in [1.54, 1.807) is 0 Å². The van der Waals surface area contributed by atoms with E-state index in [1.807, 2.05) is 6.07 Å². The highest BCUT2D eigenvalue weighted by Gasteiger charge is 2.17. The number of benzene rings is 1. The number of hydrogen-bond acceptors (Lipinski definition) is 2. The molecule has 0 aliphatic heterocycles. The van der Waals surface area contributed by atoms with E-state index in [1.165, 1.54) is 12.1 Å². The molecule has 0 aromatic heterocycles. The van der Waals surface area contributed by atoms with E-state index in [9.17, 15) is 4.39 Å². The van der Waals surface area contributed by atoms with Gasteiger partial charge in [0.05, 0.1) is 17.5 Å². The Balaban J connectivity index is 3.19. The zero-order valence-corrected chi connectivity index (χ0v) is 8.61. The van der Waals surface area contributed by atoms with Gasteiger partial charge < -0.3 is 5.73 Å². The van der Waals surface area contributed by atoms with E-state index in [0.29, 0.717) is 0 Å². The molecule has 1 atom stereocenters. The standard InChI is InChI=1S/C9H7Cl2FN2/c10-5-1-2-6(11)9(12)8(5)7(14)3-4-13/h1-2,7H,3,14H2. The average Bonchev–Trinajstić information content (AvgIpc) is 2.13. The Morgan fingerprint density at radius 2 is 2.00 bits per heavy atom. The van der Waals surface area contributed by atoms with Crippen LogP contribution in [0, 0.1) is 17.1 Å². The van der Waals surface area contributed by atoms with Gasteiger partial charge in [-0.05, 0) is 12.1 Å². The fraction of sp³-hybridized carbons (Fsp3) is 0.222. The van der Waals surface area contributed by atoms with E-state index in [0.717, 1.165) is 0 Å². The van der Waals surface area contributed by atoms with Gasteiger partial charge in [0.25, 0.3) is 0 Å². The lowest BCUT2D eigenvalue weighted by molar-refractivity contribution is 0.585. The molecular formula is C9H7Cl2FN2. The van der Waals surface area contributed by atoms with Crippen molar-refractivity contribution in [2.75, 3.05) is 0 Å². The molecule has 1 unspecified atom stereocenters. The SMILES string of the molecule is N#CCC(N)c1c(Cl)ccc(Cl)c1F. The van der Waals surface area contributed by atoms with Crippen molar-refractivity contribution in [2.24, 2.45) is 5.73 Å². The Bertz CT molecular complexity index is 387. The summed E-state index contributed by atoms with van der Waals surface area (Å²) >= 11 is 11.3. The second-order valence-corrected chi connectivity index (χ2v) is 3.54. The molecule has 74 valence electrons. The number of nitriles is 1. The van der Waals surface area contributed by atoms with Crippen molar-refractivity contribution in [1.29, 1.82) is 5.26 Å².